The fourth-order valence-electron chi connectivity index (χ4n) is 3.59. The lowest BCUT2D eigenvalue weighted by molar-refractivity contribution is -0.0146. The van der Waals surface area contributed by atoms with Crippen LogP contribution in [0.3, 0.4) is 0 Å². The molecule has 3 rings (SSSR count). The van der Waals surface area contributed by atoms with Crippen molar-refractivity contribution in [3.63, 3.8) is 0 Å². The molecule has 21 heavy (non-hydrogen) atoms. The first kappa shape index (κ1) is 14.8. The van der Waals surface area contributed by atoms with Gasteiger partial charge in [-0.2, -0.15) is 0 Å². The van der Waals surface area contributed by atoms with Gasteiger partial charge in [-0.25, -0.2) is 0 Å². The molecule has 4 heteroatoms. The summed E-state index contributed by atoms with van der Waals surface area (Å²) in [5.41, 5.74) is 2.04. The SMILES string of the molecule is Cc1cccc2c1OCC(N(C)C1CCN(C)CC1)C2O. The van der Waals surface area contributed by atoms with Crippen molar-refractivity contribution in [1.82, 2.24) is 9.80 Å². The highest BCUT2D eigenvalue weighted by Gasteiger charge is 2.36. The molecule has 2 atom stereocenters. The van der Waals surface area contributed by atoms with E-state index >= 15 is 0 Å². The first-order chi connectivity index (χ1) is 10.1. The van der Waals surface area contributed by atoms with Crippen LogP contribution in [0.2, 0.25) is 0 Å². The van der Waals surface area contributed by atoms with Gasteiger partial charge < -0.3 is 14.7 Å². The number of benzene rings is 1. The number of nitrogens with zero attached hydrogens (tertiary/aromatic N) is 2. The number of piperidine rings is 1. The highest BCUT2D eigenvalue weighted by atomic mass is 16.5. The molecule has 0 aliphatic carbocycles. The van der Waals surface area contributed by atoms with Crippen LogP contribution in [0.15, 0.2) is 18.2 Å². The molecular formula is C17H26N2O2. The third-order valence-electron chi connectivity index (χ3n) is 5.11. The predicted octanol–water partition coefficient (Wildman–Crippen LogP) is 1.82. The van der Waals surface area contributed by atoms with Crippen molar-refractivity contribution in [2.24, 2.45) is 0 Å². The largest absolute Gasteiger partial charge is 0.491 e. The number of rotatable bonds is 2. The summed E-state index contributed by atoms with van der Waals surface area (Å²) in [5.74, 6) is 0.873. The fraction of sp³-hybridized carbons (Fsp3) is 0.647. The molecule has 2 unspecified atom stereocenters. The summed E-state index contributed by atoms with van der Waals surface area (Å²) >= 11 is 0. The Morgan fingerprint density at radius 1 is 1.29 bits per heavy atom. The first-order valence-corrected chi connectivity index (χ1v) is 7.89. The van der Waals surface area contributed by atoms with Gasteiger partial charge in [-0.1, -0.05) is 18.2 Å². The maximum atomic E-state index is 10.8. The Balaban J connectivity index is 1.75. The van der Waals surface area contributed by atoms with Gasteiger partial charge in [0, 0.05) is 11.6 Å². The van der Waals surface area contributed by atoms with E-state index in [-0.39, 0.29) is 6.04 Å². The van der Waals surface area contributed by atoms with Crippen molar-refractivity contribution in [3.8, 4) is 5.75 Å². The number of fused-ring (bicyclic) bond motifs is 1. The summed E-state index contributed by atoms with van der Waals surface area (Å²) in [5, 5.41) is 10.8. The van der Waals surface area contributed by atoms with Crippen molar-refractivity contribution < 1.29 is 9.84 Å². The van der Waals surface area contributed by atoms with E-state index in [1.807, 2.05) is 25.1 Å². The monoisotopic (exact) mass is 290 g/mol. The molecule has 1 aromatic carbocycles. The van der Waals surface area contributed by atoms with Gasteiger partial charge in [0.1, 0.15) is 18.5 Å². The number of likely N-dealkylation sites (N-methyl/N-ethyl adjacent to an activating group) is 1. The van der Waals surface area contributed by atoms with E-state index < -0.39 is 6.10 Å². The standard InChI is InChI=1S/C17H26N2O2/c1-12-5-4-6-14-16(20)15(11-21-17(12)14)19(3)13-7-9-18(2)10-8-13/h4-6,13,15-16,20H,7-11H2,1-3H3. The molecule has 116 valence electrons. The molecule has 0 aromatic heterocycles. The minimum atomic E-state index is -0.460. The van der Waals surface area contributed by atoms with Gasteiger partial charge in [0.25, 0.3) is 0 Å². The summed E-state index contributed by atoms with van der Waals surface area (Å²) in [6.45, 7) is 4.87. The van der Waals surface area contributed by atoms with Crippen LogP contribution in [-0.2, 0) is 0 Å². The number of likely N-dealkylation sites (tertiary alicyclic amines) is 1. The van der Waals surface area contributed by atoms with Crippen LogP contribution in [0.5, 0.6) is 5.75 Å². The molecule has 4 nitrogen and oxygen atoms in total. The first-order valence-electron chi connectivity index (χ1n) is 7.89. The molecule has 0 bridgehead atoms. The van der Waals surface area contributed by atoms with Crippen molar-refractivity contribution in [2.45, 2.75) is 38.0 Å². The molecule has 0 spiro atoms. The lowest BCUT2D eigenvalue weighted by atomic mass is 9.93. The van der Waals surface area contributed by atoms with Crippen molar-refractivity contribution in [1.29, 1.82) is 0 Å². The molecular weight excluding hydrogens is 264 g/mol. The van der Waals surface area contributed by atoms with Crippen LogP contribution in [0.25, 0.3) is 0 Å². The van der Waals surface area contributed by atoms with Crippen LogP contribution < -0.4 is 4.74 Å². The lowest BCUT2D eigenvalue weighted by Gasteiger charge is -2.43. The average Bonchev–Trinajstić information content (AvgIpc) is 2.49. The van der Waals surface area contributed by atoms with Crippen molar-refractivity contribution in [2.75, 3.05) is 33.8 Å². The zero-order valence-corrected chi connectivity index (χ0v) is 13.2. The van der Waals surface area contributed by atoms with Crippen LogP contribution >= 0.6 is 0 Å². The van der Waals surface area contributed by atoms with Crippen LogP contribution in [0.4, 0.5) is 0 Å². The van der Waals surface area contributed by atoms with E-state index in [0.29, 0.717) is 12.6 Å². The third kappa shape index (κ3) is 2.80. The maximum Gasteiger partial charge on any atom is 0.128 e. The summed E-state index contributed by atoms with van der Waals surface area (Å²) < 4.78 is 5.96. The molecule has 2 aliphatic heterocycles. The molecule has 0 amide bonds. The van der Waals surface area contributed by atoms with Gasteiger partial charge in [0.05, 0.1) is 6.04 Å². The number of aliphatic hydroxyl groups excluding tert-OH is 1. The van der Waals surface area contributed by atoms with Gasteiger partial charge in [0.2, 0.25) is 0 Å². The average molecular weight is 290 g/mol. The second-order valence-corrected chi connectivity index (χ2v) is 6.52. The number of aryl methyl sites for hydroxylation is 1. The Hall–Kier alpha value is -1.10. The van der Waals surface area contributed by atoms with E-state index in [0.717, 1.165) is 42.8 Å². The molecule has 2 heterocycles. The smallest absolute Gasteiger partial charge is 0.128 e. The summed E-state index contributed by atoms with van der Waals surface area (Å²) in [6.07, 6.45) is 1.87. The molecule has 0 radical (unpaired) electrons. The summed E-state index contributed by atoms with van der Waals surface area (Å²) in [4.78, 5) is 4.71. The van der Waals surface area contributed by atoms with Gasteiger partial charge in [-0.3, -0.25) is 4.90 Å². The normalized spacial score (nSPS) is 27.5. The number of hydrogen-bond acceptors (Lipinski definition) is 4. The summed E-state index contributed by atoms with van der Waals surface area (Å²) in [7, 11) is 4.31. The Kier molecular flexibility index (Phi) is 4.20. The Bertz CT molecular complexity index is 498. The van der Waals surface area contributed by atoms with Gasteiger partial charge in [0.15, 0.2) is 0 Å². The Morgan fingerprint density at radius 3 is 2.71 bits per heavy atom. The number of aliphatic hydroxyl groups is 1. The third-order valence-corrected chi connectivity index (χ3v) is 5.11. The Labute approximate surface area is 127 Å². The fourth-order valence-corrected chi connectivity index (χ4v) is 3.59. The quantitative estimate of drug-likeness (QED) is 0.901. The second-order valence-electron chi connectivity index (χ2n) is 6.52. The molecule has 1 fully saturated rings. The van der Waals surface area contributed by atoms with Crippen LogP contribution in [-0.4, -0.2) is 60.8 Å². The van der Waals surface area contributed by atoms with Crippen LogP contribution in [0.1, 0.15) is 30.1 Å². The van der Waals surface area contributed by atoms with Gasteiger partial charge in [-0.15, -0.1) is 0 Å². The number of hydrogen-bond donors (Lipinski definition) is 1. The predicted molar refractivity (Wildman–Crippen MR) is 83.7 cm³/mol. The van der Waals surface area contributed by atoms with E-state index in [9.17, 15) is 5.11 Å². The summed E-state index contributed by atoms with van der Waals surface area (Å²) in [6, 6.07) is 6.61. The highest BCUT2D eigenvalue weighted by molar-refractivity contribution is 5.44. The Morgan fingerprint density at radius 2 is 2.00 bits per heavy atom. The topological polar surface area (TPSA) is 35.9 Å². The van der Waals surface area contributed by atoms with E-state index in [4.69, 9.17) is 4.74 Å². The zero-order valence-electron chi connectivity index (χ0n) is 13.2. The minimum Gasteiger partial charge on any atom is -0.491 e. The number of para-hydroxylation sites is 1. The van der Waals surface area contributed by atoms with E-state index in [1.165, 1.54) is 0 Å². The van der Waals surface area contributed by atoms with Crippen molar-refractivity contribution >= 4 is 0 Å². The highest BCUT2D eigenvalue weighted by Crippen LogP contribution is 2.37. The van der Waals surface area contributed by atoms with Crippen LogP contribution in [0, 0.1) is 6.92 Å². The number of ether oxygens (including phenoxy) is 1. The molecule has 1 saturated heterocycles. The van der Waals surface area contributed by atoms with Gasteiger partial charge >= 0.3 is 0 Å². The molecule has 0 saturated carbocycles. The van der Waals surface area contributed by atoms with E-state index in [2.05, 4.69) is 23.9 Å². The molecule has 2 aliphatic rings. The zero-order chi connectivity index (χ0) is 15.0. The molecule has 1 aromatic rings. The molecule has 1 N–H and O–H groups in total. The minimum absolute atomic E-state index is 0.0488. The lowest BCUT2D eigenvalue weighted by Crippen LogP contribution is -2.51. The second kappa shape index (κ2) is 5.95. The van der Waals surface area contributed by atoms with Gasteiger partial charge in [-0.05, 0) is 52.5 Å². The maximum absolute atomic E-state index is 10.8. The van der Waals surface area contributed by atoms with E-state index in [1.54, 1.807) is 0 Å². The van der Waals surface area contributed by atoms with Crippen molar-refractivity contribution in [3.05, 3.63) is 29.3 Å².